The molecular weight excluding hydrogens is 268 g/mol. The van der Waals surface area contributed by atoms with E-state index in [0.717, 1.165) is 49.5 Å². The summed E-state index contributed by atoms with van der Waals surface area (Å²) in [6.45, 7) is 5.01. The van der Waals surface area contributed by atoms with E-state index < -0.39 is 0 Å². The van der Waals surface area contributed by atoms with E-state index in [1.165, 1.54) is 0 Å². The highest BCUT2D eigenvalue weighted by atomic mass is 16.5. The van der Waals surface area contributed by atoms with Crippen molar-refractivity contribution in [3.05, 3.63) is 23.2 Å². The molecule has 1 saturated heterocycles. The number of nitrogens with one attached hydrogen (secondary N) is 1. The normalized spacial score (nSPS) is 27.9. The van der Waals surface area contributed by atoms with Gasteiger partial charge in [-0.1, -0.05) is 0 Å². The monoisotopic (exact) mass is 289 g/mol. The average Bonchev–Trinajstić information content (AvgIpc) is 3.00. The van der Waals surface area contributed by atoms with Gasteiger partial charge in [0.15, 0.2) is 0 Å². The van der Waals surface area contributed by atoms with Crippen molar-refractivity contribution in [2.75, 3.05) is 32.1 Å². The van der Waals surface area contributed by atoms with Crippen LogP contribution in [-0.4, -0.2) is 47.7 Å². The van der Waals surface area contributed by atoms with E-state index in [1.54, 1.807) is 0 Å². The molecule has 0 aromatic carbocycles. The van der Waals surface area contributed by atoms with Gasteiger partial charge in [0, 0.05) is 43.8 Å². The number of rotatable bonds is 4. The first-order valence-electron chi connectivity index (χ1n) is 7.29. The number of carbonyl (C=O) groups excluding carboxylic acids is 1. The Morgan fingerprint density at radius 1 is 1.57 bits per heavy atom. The molecule has 3 rings (SSSR count). The summed E-state index contributed by atoms with van der Waals surface area (Å²) in [6.07, 6.45) is 5.86. The first-order chi connectivity index (χ1) is 10.1. The molecule has 1 fully saturated rings. The standard InChI is InChI=1S/C15H21N4O2/c1-11-5-13-7-17-15(16-6-12-3-4-21-9-12)18-14(13)8-19(11,2)10-20/h5,7,10,12H,3-4,6,8-9H2,1-2H3,(H,16,17,18)/q+1. The van der Waals surface area contributed by atoms with Gasteiger partial charge in [0.2, 0.25) is 5.95 Å². The molecule has 1 aromatic heterocycles. The maximum atomic E-state index is 11.3. The van der Waals surface area contributed by atoms with Crippen LogP contribution >= 0.6 is 0 Å². The largest absolute Gasteiger partial charge is 0.381 e. The van der Waals surface area contributed by atoms with Crippen LogP contribution < -0.4 is 5.32 Å². The topological polar surface area (TPSA) is 64.1 Å². The molecule has 21 heavy (non-hydrogen) atoms. The smallest absolute Gasteiger partial charge is 0.306 e. The first-order valence-corrected chi connectivity index (χ1v) is 7.29. The molecule has 1 aromatic rings. The van der Waals surface area contributed by atoms with Crippen molar-refractivity contribution in [2.24, 2.45) is 5.92 Å². The highest BCUT2D eigenvalue weighted by Crippen LogP contribution is 2.27. The molecule has 2 atom stereocenters. The molecule has 6 heteroatoms. The zero-order valence-corrected chi connectivity index (χ0v) is 12.5. The first kappa shape index (κ1) is 14.2. The van der Waals surface area contributed by atoms with Gasteiger partial charge in [-0.2, -0.15) is 0 Å². The predicted molar refractivity (Wildman–Crippen MR) is 79.1 cm³/mol. The summed E-state index contributed by atoms with van der Waals surface area (Å²) in [7, 11) is 1.90. The minimum absolute atomic E-state index is 0.250. The molecule has 0 aliphatic carbocycles. The van der Waals surface area contributed by atoms with Gasteiger partial charge in [-0.3, -0.25) is 0 Å². The van der Waals surface area contributed by atoms with Crippen molar-refractivity contribution in [3.63, 3.8) is 0 Å². The second-order valence-corrected chi connectivity index (χ2v) is 6.02. The third-order valence-corrected chi connectivity index (χ3v) is 4.35. The van der Waals surface area contributed by atoms with Crippen LogP contribution in [0.3, 0.4) is 0 Å². The summed E-state index contributed by atoms with van der Waals surface area (Å²) in [6, 6.07) is 0. The molecule has 112 valence electrons. The summed E-state index contributed by atoms with van der Waals surface area (Å²) >= 11 is 0. The van der Waals surface area contributed by atoms with Crippen molar-refractivity contribution < 1.29 is 14.0 Å². The van der Waals surface area contributed by atoms with E-state index in [-0.39, 0.29) is 4.48 Å². The zero-order valence-electron chi connectivity index (χ0n) is 12.5. The number of hydrogen-bond acceptors (Lipinski definition) is 5. The fourth-order valence-corrected chi connectivity index (χ4v) is 2.67. The maximum Gasteiger partial charge on any atom is 0.306 e. The van der Waals surface area contributed by atoms with Gasteiger partial charge in [-0.25, -0.2) is 19.2 Å². The molecule has 3 heterocycles. The number of fused-ring (bicyclic) bond motifs is 1. The Hall–Kier alpha value is -1.79. The van der Waals surface area contributed by atoms with Crippen molar-refractivity contribution in [3.8, 4) is 0 Å². The summed E-state index contributed by atoms with van der Waals surface area (Å²) in [5.41, 5.74) is 2.92. The molecule has 0 spiro atoms. The van der Waals surface area contributed by atoms with Crippen molar-refractivity contribution in [1.82, 2.24) is 9.97 Å². The molecule has 2 aliphatic heterocycles. The van der Waals surface area contributed by atoms with Crippen molar-refractivity contribution >= 4 is 18.4 Å². The number of hydrogen-bond donors (Lipinski definition) is 1. The fraction of sp³-hybridized carbons (Fsp3) is 0.533. The highest BCUT2D eigenvalue weighted by Gasteiger charge is 2.31. The Bertz CT molecular complexity index is 581. The summed E-state index contributed by atoms with van der Waals surface area (Å²) in [5, 5.41) is 3.28. The van der Waals surface area contributed by atoms with E-state index in [4.69, 9.17) is 4.74 Å². The van der Waals surface area contributed by atoms with Crippen LogP contribution in [0.1, 0.15) is 24.6 Å². The van der Waals surface area contributed by atoms with Crippen LogP contribution in [0.5, 0.6) is 0 Å². The SMILES string of the molecule is CC1=Cc2cnc(NCC3CCOC3)nc2C[N+]1(C)C=O. The molecule has 2 aliphatic rings. The Kier molecular flexibility index (Phi) is 3.73. The number of quaternary nitrogens is 1. The second kappa shape index (κ2) is 5.54. The number of ether oxygens (including phenoxy) is 1. The predicted octanol–water partition coefficient (Wildman–Crippen LogP) is 1.40. The Morgan fingerprint density at radius 3 is 3.14 bits per heavy atom. The highest BCUT2D eigenvalue weighted by molar-refractivity contribution is 5.58. The molecule has 6 nitrogen and oxygen atoms in total. The minimum Gasteiger partial charge on any atom is -0.381 e. The number of nitrogens with zero attached hydrogens (tertiary/aromatic N) is 3. The zero-order chi connectivity index (χ0) is 14.9. The molecule has 2 unspecified atom stereocenters. The van der Waals surface area contributed by atoms with Gasteiger partial charge in [0.05, 0.1) is 13.7 Å². The third-order valence-electron chi connectivity index (χ3n) is 4.35. The van der Waals surface area contributed by atoms with Crippen LogP contribution in [0, 0.1) is 5.92 Å². The molecule has 1 amide bonds. The summed E-state index contributed by atoms with van der Waals surface area (Å²) in [4.78, 5) is 20.3. The quantitative estimate of drug-likeness (QED) is 0.670. The lowest BCUT2D eigenvalue weighted by molar-refractivity contribution is -0.800. The van der Waals surface area contributed by atoms with Gasteiger partial charge in [0.1, 0.15) is 17.9 Å². The van der Waals surface area contributed by atoms with E-state index in [9.17, 15) is 4.79 Å². The van der Waals surface area contributed by atoms with E-state index in [2.05, 4.69) is 15.3 Å². The van der Waals surface area contributed by atoms with Crippen LogP contribution in [-0.2, 0) is 16.1 Å². The van der Waals surface area contributed by atoms with Gasteiger partial charge >= 0.3 is 6.41 Å². The third kappa shape index (κ3) is 2.82. The van der Waals surface area contributed by atoms with Crippen LogP contribution in [0.15, 0.2) is 11.9 Å². The number of aromatic nitrogens is 2. The Labute approximate surface area is 124 Å². The molecule has 0 saturated carbocycles. The molecule has 0 radical (unpaired) electrons. The maximum absolute atomic E-state index is 11.3. The Balaban J connectivity index is 1.75. The molecule has 0 bridgehead atoms. The molecule has 1 N–H and O–H groups in total. The van der Waals surface area contributed by atoms with Gasteiger partial charge < -0.3 is 10.1 Å². The van der Waals surface area contributed by atoms with Crippen molar-refractivity contribution in [1.29, 1.82) is 0 Å². The number of amides is 1. The van der Waals surface area contributed by atoms with Gasteiger partial charge in [-0.15, -0.1) is 0 Å². The fourth-order valence-electron chi connectivity index (χ4n) is 2.67. The summed E-state index contributed by atoms with van der Waals surface area (Å²) < 4.78 is 5.61. The summed E-state index contributed by atoms with van der Waals surface area (Å²) in [5.74, 6) is 1.16. The lowest BCUT2D eigenvalue weighted by Crippen LogP contribution is -2.42. The number of anilines is 1. The van der Waals surface area contributed by atoms with Gasteiger partial charge in [-0.05, 0) is 6.42 Å². The lowest BCUT2D eigenvalue weighted by atomic mass is 10.1. The van der Waals surface area contributed by atoms with E-state index in [0.29, 0.717) is 18.4 Å². The van der Waals surface area contributed by atoms with Gasteiger partial charge in [0.25, 0.3) is 0 Å². The number of allylic oxidation sites excluding steroid dienone is 1. The Morgan fingerprint density at radius 2 is 2.43 bits per heavy atom. The minimum atomic E-state index is 0.250. The number of carbonyl (C=O) groups is 1. The van der Waals surface area contributed by atoms with E-state index in [1.807, 2.05) is 26.2 Å². The average molecular weight is 289 g/mol. The van der Waals surface area contributed by atoms with Crippen LogP contribution in [0.2, 0.25) is 0 Å². The second-order valence-electron chi connectivity index (χ2n) is 6.02. The van der Waals surface area contributed by atoms with Crippen LogP contribution in [0.4, 0.5) is 5.95 Å². The lowest BCUT2D eigenvalue weighted by Gasteiger charge is -2.30. The molecular formula is C15H21N4O2+. The van der Waals surface area contributed by atoms with Crippen LogP contribution in [0.25, 0.3) is 6.08 Å². The van der Waals surface area contributed by atoms with E-state index >= 15 is 0 Å². The van der Waals surface area contributed by atoms with Crippen molar-refractivity contribution in [2.45, 2.75) is 19.9 Å².